The van der Waals surface area contributed by atoms with Crippen molar-refractivity contribution >= 4 is 35.6 Å². The minimum Gasteiger partial charge on any atom is -0.371 e. The van der Waals surface area contributed by atoms with Crippen LogP contribution in [0.2, 0.25) is 0 Å². The Bertz CT molecular complexity index is 619. The van der Waals surface area contributed by atoms with Crippen molar-refractivity contribution in [3.05, 3.63) is 30.1 Å². The molecule has 1 atom stereocenters. The van der Waals surface area contributed by atoms with Gasteiger partial charge in [0.2, 0.25) is 0 Å². The minimum absolute atomic E-state index is 0. The molecule has 2 saturated heterocycles. The average Bonchev–Trinajstić information content (AvgIpc) is 2.71. The fourth-order valence-electron chi connectivity index (χ4n) is 4.26. The molecule has 7 heteroatoms. The van der Waals surface area contributed by atoms with Gasteiger partial charge >= 0.3 is 0 Å². The molecule has 2 fully saturated rings. The summed E-state index contributed by atoms with van der Waals surface area (Å²) in [5, 5.41) is 7.12. The van der Waals surface area contributed by atoms with E-state index in [1.165, 1.54) is 31.9 Å². The number of aliphatic imine (C=N–C) groups is 1. The zero-order chi connectivity index (χ0) is 19.1. The number of hydrogen-bond acceptors (Lipinski definition) is 3. The van der Waals surface area contributed by atoms with Crippen LogP contribution in [0.15, 0.2) is 29.3 Å². The van der Waals surface area contributed by atoms with Crippen molar-refractivity contribution in [2.75, 3.05) is 44.7 Å². The zero-order valence-corrected chi connectivity index (χ0v) is 19.5. The number of likely N-dealkylation sites (N-methyl/N-ethyl adjacent to an activating group) is 1. The summed E-state index contributed by atoms with van der Waals surface area (Å²) >= 11 is 0. The van der Waals surface area contributed by atoms with E-state index >= 15 is 0 Å². The average molecular weight is 503 g/mol. The number of piperidine rings is 2. The molecular formula is C21H35FIN5. The van der Waals surface area contributed by atoms with E-state index in [-0.39, 0.29) is 29.8 Å². The number of halogens is 2. The molecule has 2 aliphatic heterocycles. The number of rotatable bonds is 5. The Hall–Kier alpha value is -1.09. The first-order valence-corrected chi connectivity index (χ1v) is 10.4. The van der Waals surface area contributed by atoms with Gasteiger partial charge in [-0.05, 0) is 57.0 Å². The van der Waals surface area contributed by atoms with Gasteiger partial charge in [0.1, 0.15) is 5.82 Å². The Morgan fingerprint density at radius 1 is 1.18 bits per heavy atom. The van der Waals surface area contributed by atoms with Crippen molar-refractivity contribution < 1.29 is 4.39 Å². The predicted molar refractivity (Wildman–Crippen MR) is 126 cm³/mol. The molecular weight excluding hydrogens is 468 g/mol. The van der Waals surface area contributed by atoms with E-state index in [0.717, 1.165) is 50.7 Å². The van der Waals surface area contributed by atoms with Gasteiger partial charge in [-0.1, -0.05) is 19.4 Å². The smallest absolute Gasteiger partial charge is 0.191 e. The van der Waals surface area contributed by atoms with E-state index in [1.54, 1.807) is 12.1 Å². The second kappa shape index (κ2) is 11.8. The lowest BCUT2D eigenvalue weighted by Gasteiger charge is -2.36. The van der Waals surface area contributed by atoms with Crippen LogP contribution in [-0.2, 0) is 0 Å². The van der Waals surface area contributed by atoms with Gasteiger partial charge in [0.25, 0.3) is 0 Å². The maximum absolute atomic E-state index is 13.4. The normalized spacial score (nSPS) is 21.9. The zero-order valence-electron chi connectivity index (χ0n) is 17.2. The summed E-state index contributed by atoms with van der Waals surface area (Å²) in [6.07, 6.45) is 5.97. The van der Waals surface area contributed by atoms with Crippen molar-refractivity contribution in [1.29, 1.82) is 0 Å². The number of benzene rings is 1. The molecule has 0 saturated carbocycles. The van der Waals surface area contributed by atoms with Gasteiger partial charge in [-0.2, -0.15) is 0 Å². The third-order valence-corrected chi connectivity index (χ3v) is 5.89. The molecule has 1 aromatic carbocycles. The van der Waals surface area contributed by atoms with E-state index < -0.39 is 0 Å². The van der Waals surface area contributed by atoms with Crippen LogP contribution in [0.25, 0.3) is 0 Å². The molecule has 0 aromatic heterocycles. The van der Waals surface area contributed by atoms with Crippen LogP contribution in [0.1, 0.15) is 39.0 Å². The Morgan fingerprint density at radius 2 is 1.96 bits per heavy atom. The largest absolute Gasteiger partial charge is 0.371 e. The van der Waals surface area contributed by atoms with E-state index in [1.807, 2.05) is 13.1 Å². The number of guanidine groups is 1. The SMILES string of the molecule is CCN1CCCCC1CNC(=NC)NC1CCN(c2cccc(F)c2)CC1.I. The van der Waals surface area contributed by atoms with Crippen molar-refractivity contribution in [2.45, 2.75) is 51.1 Å². The summed E-state index contributed by atoms with van der Waals surface area (Å²) in [6.45, 7) is 7.41. The monoisotopic (exact) mass is 503 g/mol. The number of hydrogen-bond donors (Lipinski definition) is 2. The molecule has 3 rings (SSSR count). The maximum Gasteiger partial charge on any atom is 0.191 e. The van der Waals surface area contributed by atoms with Gasteiger partial charge in [0, 0.05) is 44.5 Å². The number of anilines is 1. The highest BCUT2D eigenvalue weighted by Crippen LogP contribution is 2.21. The standard InChI is InChI=1S/C21H34FN5.HI/c1-3-26-12-5-4-8-20(26)16-24-21(23-2)25-18-10-13-27(14-11-18)19-9-6-7-17(22)15-19;/h6-7,9,15,18,20H,3-5,8,10-14,16H2,1-2H3,(H2,23,24,25);1H. The molecule has 158 valence electrons. The minimum atomic E-state index is -0.166. The molecule has 1 unspecified atom stereocenters. The third-order valence-electron chi connectivity index (χ3n) is 5.89. The molecule has 0 amide bonds. The molecule has 0 spiro atoms. The molecule has 0 bridgehead atoms. The second-order valence-corrected chi connectivity index (χ2v) is 7.62. The van der Waals surface area contributed by atoms with Crippen LogP contribution in [0.3, 0.4) is 0 Å². The van der Waals surface area contributed by atoms with Gasteiger partial charge in [0.05, 0.1) is 0 Å². The fraction of sp³-hybridized carbons (Fsp3) is 0.667. The summed E-state index contributed by atoms with van der Waals surface area (Å²) in [4.78, 5) is 9.25. The molecule has 0 aliphatic carbocycles. The Kier molecular flexibility index (Phi) is 9.77. The molecule has 28 heavy (non-hydrogen) atoms. The highest BCUT2D eigenvalue weighted by Gasteiger charge is 2.23. The highest BCUT2D eigenvalue weighted by atomic mass is 127. The van der Waals surface area contributed by atoms with Gasteiger partial charge in [-0.25, -0.2) is 4.39 Å². The van der Waals surface area contributed by atoms with E-state index in [9.17, 15) is 4.39 Å². The molecule has 1 aromatic rings. The molecule has 2 aliphatic rings. The summed E-state index contributed by atoms with van der Waals surface area (Å²) in [5.74, 6) is 0.738. The van der Waals surface area contributed by atoms with E-state index in [0.29, 0.717) is 12.1 Å². The fourth-order valence-corrected chi connectivity index (χ4v) is 4.26. The lowest BCUT2D eigenvalue weighted by molar-refractivity contribution is 0.157. The van der Waals surface area contributed by atoms with Gasteiger partial charge in [0.15, 0.2) is 5.96 Å². The first-order valence-electron chi connectivity index (χ1n) is 10.4. The summed E-state index contributed by atoms with van der Waals surface area (Å²) < 4.78 is 13.4. The van der Waals surface area contributed by atoms with Gasteiger partial charge < -0.3 is 15.5 Å². The van der Waals surface area contributed by atoms with Gasteiger partial charge in [-0.3, -0.25) is 9.89 Å². The van der Waals surface area contributed by atoms with Crippen LogP contribution in [0.4, 0.5) is 10.1 Å². The van der Waals surface area contributed by atoms with E-state index in [4.69, 9.17) is 0 Å². The van der Waals surface area contributed by atoms with Crippen LogP contribution in [0.5, 0.6) is 0 Å². The molecule has 2 heterocycles. The summed E-state index contributed by atoms with van der Waals surface area (Å²) in [5.41, 5.74) is 0.980. The Labute approximate surface area is 186 Å². The van der Waals surface area contributed by atoms with Gasteiger partial charge in [-0.15, -0.1) is 24.0 Å². The van der Waals surface area contributed by atoms with Crippen molar-refractivity contribution in [1.82, 2.24) is 15.5 Å². The highest BCUT2D eigenvalue weighted by molar-refractivity contribution is 14.0. The molecule has 5 nitrogen and oxygen atoms in total. The van der Waals surface area contributed by atoms with Crippen molar-refractivity contribution in [2.24, 2.45) is 4.99 Å². The van der Waals surface area contributed by atoms with Crippen LogP contribution < -0.4 is 15.5 Å². The quantitative estimate of drug-likeness (QED) is 0.367. The van der Waals surface area contributed by atoms with Crippen molar-refractivity contribution in [3.63, 3.8) is 0 Å². The predicted octanol–water partition coefficient (Wildman–Crippen LogP) is 3.45. The first kappa shape index (κ1) is 23.2. The third kappa shape index (κ3) is 6.47. The van der Waals surface area contributed by atoms with Crippen LogP contribution in [-0.4, -0.2) is 62.7 Å². The van der Waals surface area contributed by atoms with Crippen molar-refractivity contribution in [3.8, 4) is 0 Å². The Morgan fingerprint density at radius 3 is 2.64 bits per heavy atom. The lowest BCUT2D eigenvalue weighted by Crippen LogP contribution is -2.52. The molecule has 0 radical (unpaired) electrons. The number of nitrogens with zero attached hydrogens (tertiary/aromatic N) is 3. The van der Waals surface area contributed by atoms with Crippen LogP contribution in [0, 0.1) is 5.82 Å². The maximum atomic E-state index is 13.4. The Balaban J connectivity index is 0.00000280. The summed E-state index contributed by atoms with van der Waals surface area (Å²) in [7, 11) is 1.84. The number of nitrogens with one attached hydrogen (secondary N) is 2. The first-order chi connectivity index (χ1) is 13.2. The topological polar surface area (TPSA) is 42.9 Å². The summed E-state index contributed by atoms with van der Waals surface area (Å²) in [6, 6.07) is 7.91. The second-order valence-electron chi connectivity index (χ2n) is 7.62. The van der Waals surface area contributed by atoms with E-state index in [2.05, 4.69) is 32.3 Å². The van der Waals surface area contributed by atoms with Crippen LogP contribution >= 0.6 is 24.0 Å². The number of likely N-dealkylation sites (tertiary alicyclic amines) is 1. The molecule has 2 N–H and O–H groups in total. The lowest BCUT2D eigenvalue weighted by atomic mass is 10.0.